The molecule has 1 saturated carbocycles. The lowest BCUT2D eigenvalue weighted by atomic mass is 10.1. The van der Waals surface area contributed by atoms with Gasteiger partial charge < -0.3 is 10.1 Å². The summed E-state index contributed by atoms with van der Waals surface area (Å²) in [6, 6.07) is 6.15. The highest BCUT2D eigenvalue weighted by molar-refractivity contribution is 5.98. The molecule has 1 aliphatic carbocycles. The zero-order chi connectivity index (χ0) is 14.4. The number of Topliss-reactive ketones (excluding diaryl/α,β-unsaturated/α-hetero) is 1. The molecule has 2 rings (SSSR count). The van der Waals surface area contributed by atoms with Crippen molar-refractivity contribution in [3.63, 3.8) is 0 Å². The minimum absolute atomic E-state index is 0.167. The number of rotatable bonds is 5. The molecular weight excluding hydrogens is 250 g/mol. The molecule has 1 fully saturated rings. The summed E-state index contributed by atoms with van der Waals surface area (Å²) in [6.07, 6.45) is 7.65. The predicted molar refractivity (Wildman–Crippen MR) is 81.6 cm³/mol. The molecule has 0 spiro atoms. The Hall–Kier alpha value is -1.35. The van der Waals surface area contributed by atoms with E-state index in [-0.39, 0.29) is 5.78 Å². The summed E-state index contributed by atoms with van der Waals surface area (Å²) in [5.74, 6) is 0.998. The molecule has 0 aliphatic heterocycles. The molecule has 0 amide bonds. The minimum atomic E-state index is 0.167. The average Bonchev–Trinajstić information content (AvgIpc) is 2.73. The molecule has 0 saturated heterocycles. The van der Waals surface area contributed by atoms with Crippen LogP contribution in [0.25, 0.3) is 0 Å². The number of benzene rings is 1. The molecular formula is C17H25NO2. The van der Waals surface area contributed by atoms with Crippen LogP contribution < -0.4 is 10.1 Å². The fourth-order valence-electron chi connectivity index (χ4n) is 2.87. The standard InChI is InChI=1S/C17H25NO2/c1-13-11-14(9-10-17(13)20-2)16(19)12-18-15-7-5-3-4-6-8-15/h9-11,15,18H,3-8,12H2,1-2H3. The third kappa shape index (κ3) is 4.07. The van der Waals surface area contributed by atoms with Crippen molar-refractivity contribution in [3.05, 3.63) is 29.3 Å². The van der Waals surface area contributed by atoms with Gasteiger partial charge in [0, 0.05) is 11.6 Å². The number of ether oxygens (including phenoxy) is 1. The molecule has 1 N–H and O–H groups in total. The normalized spacial score (nSPS) is 16.7. The number of carbonyl (C=O) groups excluding carboxylic acids is 1. The molecule has 1 aliphatic rings. The van der Waals surface area contributed by atoms with Crippen molar-refractivity contribution in [2.75, 3.05) is 13.7 Å². The maximum absolute atomic E-state index is 12.2. The van der Waals surface area contributed by atoms with Gasteiger partial charge in [0.05, 0.1) is 13.7 Å². The molecule has 0 heterocycles. The van der Waals surface area contributed by atoms with E-state index in [2.05, 4.69) is 5.32 Å². The van der Waals surface area contributed by atoms with Crippen LogP contribution in [0.2, 0.25) is 0 Å². The minimum Gasteiger partial charge on any atom is -0.496 e. The maximum Gasteiger partial charge on any atom is 0.176 e. The highest BCUT2D eigenvalue weighted by Crippen LogP contribution is 2.19. The van der Waals surface area contributed by atoms with Crippen LogP contribution in [-0.2, 0) is 0 Å². The molecule has 0 atom stereocenters. The third-order valence-electron chi connectivity index (χ3n) is 4.12. The molecule has 0 unspecified atom stereocenters. The highest BCUT2D eigenvalue weighted by atomic mass is 16.5. The lowest BCUT2D eigenvalue weighted by Gasteiger charge is -2.15. The maximum atomic E-state index is 12.2. The number of ketones is 1. The molecule has 3 nitrogen and oxygen atoms in total. The number of hydrogen-bond donors (Lipinski definition) is 1. The molecule has 1 aromatic rings. The first-order chi connectivity index (χ1) is 9.70. The van der Waals surface area contributed by atoms with Crippen LogP contribution in [0, 0.1) is 6.92 Å². The van der Waals surface area contributed by atoms with Crippen LogP contribution >= 0.6 is 0 Å². The number of methoxy groups -OCH3 is 1. The fourth-order valence-corrected chi connectivity index (χ4v) is 2.87. The Morgan fingerprint density at radius 2 is 1.95 bits per heavy atom. The first-order valence-electron chi connectivity index (χ1n) is 7.62. The topological polar surface area (TPSA) is 38.3 Å². The van der Waals surface area contributed by atoms with Crippen LogP contribution in [0.3, 0.4) is 0 Å². The van der Waals surface area contributed by atoms with Gasteiger partial charge in [-0.25, -0.2) is 0 Å². The molecule has 3 heteroatoms. The monoisotopic (exact) mass is 275 g/mol. The fraction of sp³-hybridized carbons (Fsp3) is 0.588. The molecule has 1 aromatic carbocycles. The SMILES string of the molecule is COc1ccc(C(=O)CNC2CCCCCC2)cc1C. The third-order valence-corrected chi connectivity index (χ3v) is 4.12. The van der Waals surface area contributed by atoms with E-state index < -0.39 is 0 Å². The summed E-state index contributed by atoms with van der Waals surface area (Å²) in [4.78, 5) is 12.2. The van der Waals surface area contributed by atoms with Gasteiger partial charge in [0.15, 0.2) is 5.78 Å². The van der Waals surface area contributed by atoms with E-state index in [1.54, 1.807) is 7.11 Å². The Kier molecular flexibility index (Phi) is 5.60. The van der Waals surface area contributed by atoms with Gasteiger partial charge in [-0.1, -0.05) is 25.7 Å². The van der Waals surface area contributed by atoms with Crippen LogP contribution in [0.5, 0.6) is 5.75 Å². The molecule has 0 radical (unpaired) electrons. The second kappa shape index (κ2) is 7.44. The van der Waals surface area contributed by atoms with E-state index in [1.807, 2.05) is 25.1 Å². The zero-order valence-electron chi connectivity index (χ0n) is 12.6. The number of nitrogens with one attached hydrogen (secondary N) is 1. The van der Waals surface area contributed by atoms with Crippen LogP contribution in [0.15, 0.2) is 18.2 Å². The van der Waals surface area contributed by atoms with Gasteiger partial charge in [0.1, 0.15) is 5.75 Å². The Labute approximate surface area is 121 Å². The van der Waals surface area contributed by atoms with Crippen molar-refractivity contribution in [2.45, 2.75) is 51.5 Å². The van der Waals surface area contributed by atoms with Crippen molar-refractivity contribution in [3.8, 4) is 5.75 Å². The van der Waals surface area contributed by atoms with Gasteiger partial charge in [-0.2, -0.15) is 0 Å². The summed E-state index contributed by atoms with van der Waals surface area (Å²) >= 11 is 0. The zero-order valence-corrected chi connectivity index (χ0v) is 12.6. The Balaban J connectivity index is 1.89. The Morgan fingerprint density at radius 1 is 1.25 bits per heavy atom. The number of aryl methyl sites for hydroxylation is 1. The highest BCUT2D eigenvalue weighted by Gasteiger charge is 2.14. The second-order valence-electron chi connectivity index (χ2n) is 5.68. The molecule has 110 valence electrons. The number of hydrogen-bond acceptors (Lipinski definition) is 3. The van der Waals surface area contributed by atoms with Gasteiger partial charge in [-0.15, -0.1) is 0 Å². The second-order valence-corrected chi connectivity index (χ2v) is 5.68. The van der Waals surface area contributed by atoms with Gasteiger partial charge in [0.25, 0.3) is 0 Å². The smallest absolute Gasteiger partial charge is 0.176 e. The van der Waals surface area contributed by atoms with Crippen molar-refractivity contribution >= 4 is 5.78 Å². The van der Waals surface area contributed by atoms with Gasteiger partial charge in [-0.3, -0.25) is 4.79 Å². The van der Waals surface area contributed by atoms with Crippen molar-refractivity contribution in [1.29, 1.82) is 0 Å². The van der Waals surface area contributed by atoms with E-state index in [0.717, 1.165) is 16.9 Å². The van der Waals surface area contributed by atoms with Crippen molar-refractivity contribution in [1.82, 2.24) is 5.32 Å². The van der Waals surface area contributed by atoms with E-state index in [4.69, 9.17) is 4.74 Å². The lowest BCUT2D eigenvalue weighted by Crippen LogP contribution is -2.33. The molecule has 0 aromatic heterocycles. The Bertz CT molecular complexity index is 448. The van der Waals surface area contributed by atoms with E-state index in [0.29, 0.717) is 12.6 Å². The Morgan fingerprint density at radius 3 is 2.55 bits per heavy atom. The van der Waals surface area contributed by atoms with Crippen LogP contribution in [0.1, 0.15) is 54.4 Å². The first kappa shape index (κ1) is 15.0. The summed E-state index contributed by atoms with van der Waals surface area (Å²) in [5, 5.41) is 3.43. The summed E-state index contributed by atoms with van der Waals surface area (Å²) in [5.41, 5.74) is 1.78. The van der Waals surface area contributed by atoms with E-state index >= 15 is 0 Å². The van der Waals surface area contributed by atoms with Crippen LogP contribution in [0.4, 0.5) is 0 Å². The predicted octanol–water partition coefficient (Wildman–Crippen LogP) is 3.50. The largest absolute Gasteiger partial charge is 0.496 e. The summed E-state index contributed by atoms with van der Waals surface area (Å²) < 4.78 is 5.22. The van der Waals surface area contributed by atoms with E-state index in [9.17, 15) is 4.79 Å². The quantitative estimate of drug-likeness (QED) is 0.660. The summed E-state index contributed by atoms with van der Waals surface area (Å²) in [7, 11) is 1.65. The van der Waals surface area contributed by atoms with E-state index in [1.165, 1.54) is 38.5 Å². The van der Waals surface area contributed by atoms with Gasteiger partial charge in [-0.05, 0) is 43.5 Å². The molecule has 0 bridgehead atoms. The average molecular weight is 275 g/mol. The number of carbonyl (C=O) groups is 1. The van der Waals surface area contributed by atoms with Gasteiger partial charge in [0.2, 0.25) is 0 Å². The van der Waals surface area contributed by atoms with Gasteiger partial charge >= 0.3 is 0 Å². The van der Waals surface area contributed by atoms with Crippen molar-refractivity contribution < 1.29 is 9.53 Å². The van der Waals surface area contributed by atoms with Crippen molar-refractivity contribution in [2.24, 2.45) is 0 Å². The molecule has 20 heavy (non-hydrogen) atoms. The first-order valence-corrected chi connectivity index (χ1v) is 7.62. The van der Waals surface area contributed by atoms with Crippen LogP contribution in [-0.4, -0.2) is 25.5 Å². The lowest BCUT2D eigenvalue weighted by molar-refractivity contribution is 0.0986. The summed E-state index contributed by atoms with van der Waals surface area (Å²) in [6.45, 7) is 2.41.